The minimum absolute atomic E-state index is 0. The molecule has 0 bridgehead atoms. The molecule has 1 rings (SSSR count). The van der Waals surface area contributed by atoms with Gasteiger partial charge in [0.15, 0.2) is 0 Å². The molecule has 0 saturated carbocycles. The molecule has 102 valence electrons. The Balaban J connectivity index is 0.00000289. The van der Waals surface area contributed by atoms with Gasteiger partial charge in [0.2, 0.25) is 0 Å². The number of hydrogen-bond donors (Lipinski definition) is 2. The van der Waals surface area contributed by atoms with Gasteiger partial charge in [0.05, 0.1) is 5.56 Å². The first-order chi connectivity index (χ1) is 8.19. The maximum absolute atomic E-state index is 13.1. The van der Waals surface area contributed by atoms with E-state index < -0.39 is 5.82 Å². The van der Waals surface area contributed by atoms with Crippen LogP contribution >= 0.6 is 12.4 Å². The number of nitrogens with two attached hydrogens (primary N) is 1. The summed E-state index contributed by atoms with van der Waals surface area (Å²) in [5.74, 6) is -0.449. The van der Waals surface area contributed by atoms with Crippen LogP contribution in [0.5, 0.6) is 5.75 Å². The van der Waals surface area contributed by atoms with Gasteiger partial charge in [-0.15, -0.1) is 12.4 Å². The Labute approximate surface area is 112 Å². The molecule has 0 aliphatic rings. The third-order valence-electron chi connectivity index (χ3n) is 2.10. The molecule has 4 nitrogen and oxygen atoms in total. The van der Waals surface area contributed by atoms with Gasteiger partial charge in [-0.3, -0.25) is 4.79 Å². The minimum Gasteiger partial charge on any atom is -0.491 e. The molecule has 1 amide bonds. The van der Waals surface area contributed by atoms with E-state index in [9.17, 15) is 9.18 Å². The molecule has 1 aromatic rings. The summed E-state index contributed by atoms with van der Waals surface area (Å²) in [6.45, 7) is 3.12. The van der Waals surface area contributed by atoms with Gasteiger partial charge in [-0.25, -0.2) is 4.39 Å². The van der Waals surface area contributed by atoms with Crippen LogP contribution in [0.2, 0.25) is 0 Å². The number of carbonyl (C=O) groups is 1. The molecule has 0 atom stereocenters. The van der Waals surface area contributed by atoms with Crippen molar-refractivity contribution in [3.05, 3.63) is 29.6 Å². The smallest absolute Gasteiger partial charge is 0.255 e. The summed E-state index contributed by atoms with van der Waals surface area (Å²) in [7, 11) is 0. The van der Waals surface area contributed by atoms with Crippen molar-refractivity contribution >= 4 is 18.3 Å². The zero-order valence-electron chi connectivity index (χ0n) is 10.2. The van der Waals surface area contributed by atoms with E-state index in [1.165, 1.54) is 12.1 Å². The first kappa shape index (κ1) is 16.7. The Morgan fingerprint density at radius 3 is 2.83 bits per heavy atom. The normalized spacial score (nSPS) is 9.50. The molecule has 0 radical (unpaired) electrons. The second-order valence-electron chi connectivity index (χ2n) is 3.53. The Kier molecular flexibility index (Phi) is 8.07. The van der Waals surface area contributed by atoms with Crippen LogP contribution in [-0.4, -0.2) is 25.6 Å². The number of nitrogens with one attached hydrogen (secondary N) is 1. The van der Waals surface area contributed by atoms with E-state index in [-0.39, 0.29) is 23.9 Å². The highest BCUT2D eigenvalue weighted by atomic mass is 35.5. The molecule has 0 aliphatic heterocycles. The van der Waals surface area contributed by atoms with Crippen molar-refractivity contribution in [3.63, 3.8) is 0 Å². The molecular weight excluding hydrogens is 259 g/mol. The predicted octanol–water partition coefficient (Wildman–Crippen LogP) is 1.72. The highest BCUT2D eigenvalue weighted by Gasteiger charge is 2.13. The SMILES string of the molecule is CCCNC(=O)c1cc(F)ccc1OCCN.Cl. The molecule has 0 aliphatic carbocycles. The molecule has 0 fully saturated rings. The maximum Gasteiger partial charge on any atom is 0.255 e. The molecule has 1 aromatic carbocycles. The fourth-order valence-electron chi connectivity index (χ4n) is 1.31. The summed E-state index contributed by atoms with van der Waals surface area (Å²) in [4.78, 5) is 11.8. The standard InChI is InChI=1S/C12H17FN2O2.ClH/c1-2-6-15-12(16)10-8-9(13)3-4-11(10)17-7-5-14;/h3-4,8H,2,5-7,14H2,1H3,(H,15,16);1H. The van der Waals surface area contributed by atoms with Crippen molar-refractivity contribution < 1.29 is 13.9 Å². The first-order valence-corrected chi connectivity index (χ1v) is 5.59. The summed E-state index contributed by atoms with van der Waals surface area (Å²) in [6.07, 6.45) is 0.819. The number of ether oxygens (including phenoxy) is 1. The van der Waals surface area contributed by atoms with Gasteiger partial charge in [-0.1, -0.05) is 6.92 Å². The van der Waals surface area contributed by atoms with Gasteiger partial charge in [-0.05, 0) is 24.6 Å². The van der Waals surface area contributed by atoms with E-state index >= 15 is 0 Å². The second-order valence-corrected chi connectivity index (χ2v) is 3.53. The molecule has 0 unspecified atom stereocenters. The van der Waals surface area contributed by atoms with Crippen molar-refractivity contribution in [3.8, 4) is 5.75 Å². The van der Waals surface area contributed by atoms with Crippen molar-refractivity contribution in [2.75, 3.05) is 19.7 Å². The summed E-state index contributed by atoms with van der Waals surface area (Å²) < 4.78 is 18.4. The summed E-state index contributed by atoms with van der Waals surface area (Å²) in [5, 5.41) is 2.68. The van der Waals surface area contributed by atoms with Crippen molar-refractivity contribution in [1.29, 1.82) is 0 Å². The Morgan fingerprint density at radius 1 is 1.50 bits per heavy atom. The van der Waals surface area contributed by atoms with Crippen molar-refractivity contribution in [2.45, 2.75) is 13.3 Å². The second kappa shape index (κ2) is 8.72. The van der Waals surface area contributed by atoms with Crippen LogP contribution in [-0.2, 0) is 0 Å². The van der Waals surface area contributed by atoms with Gasteiger partial charge in [-0.2, -0.15) is 0 Å². The number of carbonyl (C=O) groups excluding carboxylic acids is 1. The number of halogens is 2. The first-order valence-electron chi connectivity index (χ1n) is 5.59. The third kappa shape index (κ3) is 4.89. The fourth-order valence-corrected chi connectivity index (χ4v) is 1.31. The zero-order chi connectivity index (χ0) is 12.7. The average Bonchev–Trinajstić information content (AvgIpc) is 2.34. The number of benzene rings is 1. The van der Waals surface area contributed by atoms with Gasteiger partial charge in [0, 0.05) is 13.1 Å². The number of amides is 1. The van der Waals surface area contributed by atoms with Gasteiger partial charge < -0.3 is 15.8 Å². The Hall–Kier alpha value is -1.33. The highest BCUT2D eigenvalue weighted by molar-refractivity contribution is 5.96. The van der Waals surface area contributed by atoms with Gasteiger partial charge in [0.25, 0.3) is 5.91 Å². The Morgan fingerprint density at radius 2 is 2.22 bits per heavy atom. The molecule has 0 saturated heterocycles. The zero-order valence-corrected chi connectivity index (χ0v) is 11.1. The van der Waals surface area contributed by atoms with Gasteiger partial charge >= 0.3 is 0 Å². The lowest BCUT2D eigenvalue weighted by molar-refractivity contribution is 0.0949. The fraction of sp³-hybridized carbons (Fsp3) is 0.417. The monoisotopic (exact) mass is 276 g/mol. The predicted molar refractivity (Wildman–Crippen MR) is 70.8 cm³/mol. The van der Waals surface area contributed by atoms with Crippen LogP contribution in [0.3, 0.4) is 0 Å². The van der Waals surface area contributed by atoms with E-state index in [0.717, 1.165) is 12.5 Å². The lowest BCUT2D eigenvalue weighted by Gasteiger charge is -2.10. The van der Waals surface area contributed by atoms with Crippen molar-refractivity contribution in [2.24, 2.45) is 5.73 Å². The van der Waals surface area contributed by atoms with E-state index in [1.54, 1.807) is 0 Å². The van der Waals surface area contributed by atoms with Crippen LogP contribution in [0.4, 0.5) is 4.39 Å². The van der Waals surface area contributed by atoms with Crippen LogP contribution in [0.15, 0.2) is 18.2 Å². The minimum atomic E-state index is -0.466. The number of hydrogen-bond acceptors (Lipinski definition) is 3. The largest absolute Gasteiger partial charge is 0.491 e. The van der Waals surface area contributed by atoms with Gasteiger partial charge in [0.1, 0.15) is 18.2 Å². The lowest BCUT2D eigenvalue weighted by atomic mass is 10.2. The lowest BCUT2D eigenvalue weighted by Crippen LogP contribution is -2.25. The third-order valence-corrected chi connectivity index (χ3v) is 2.10. The summed E-state index contributed by atoms with van der Waals surface area (Å²) in [6, 6.07) is 3.85. The van der Waals surface area contributed by atoms with Crippen LogP contribution in [0, 0.1) is 5.82 Å². The molecule has 6 heteroatoms. The van der Waals surface area contributed by atoms with Crippen LogP contribution in [0.1, 0.15) is 23.7 Å². The molecule has 0 spiro atoms. The average molecular weight is 277 g/mol. The highest BCUT2D eigenvalue weighted by Crippen LogP contribution is 2.19. The van der Waals surface area contributed by atoms with E-state index in [0.29, 0.717) is 25.4 Å². The summed E-state index contributed by atoms with van der Waals surface area (Å²) >= 11 is 0. The van der Waals surface area contributed by atoms with E-state index in [1.807, 2.05) is 6.92 Å². The van der Waals surface area contributed by atoms with E-state index in [2.05, 4.69) is 5.32 Å². The molecule has 3 N–H and O–H groups in total. The Bertz CT molecular complexity index is 388. The summed E-state index contributed by atoms with van der Waals surface area (Å²) in [5.41, 5.74) is 5.51. The molecule has 0 aromatic heterocycles. The molecule has 0 heterocycles. The van der Waals surface area contributed by atoms with E-state index in [4.69, 9.17) is 10.5 Å². The maximum atomic E-state index is 13.1. The quantitative estimate of drug-likeness (QED) is 0.832. The number of rotatable bonds is 6. The van der Waals surface area contributed by atoms with Crippen LogP contribution < -0.4 is 15.8 Å². The molecule has 18 heavy (non-hydrogen) atoms. The van der Waals surface area contributed by atoms with Crippen molar-refractivity contribution in [1.82, 2.24) is 5.32 Å². The molecular formula is C12H18ClFN2O2. The van der Waals surface area contributed by atoms with Crippen LogP contribution in [0.25, 0.3) is 0 Å². The topological polar surface area (TPSA) is 64.3 Å².